The van der Waals surface area contributed by atoms with Crippen LogP contribution in [0, 0.1) is 6.92 Å². The Labute approximate surface area is 135 Å². The SMILES string of the molecule is CCN(CC(=O)O)C1CC(Nc2ccnc3c2c(C)nn3C)C1. The molecule has 0 spiro atoms. The average Bonchev–Trinajstić information content (AvgIpc) is 2.76. The van der Waals surface area contributed by atoms with Crippen LogP contribution in [0.4, 0.5) is 5.69 Å². The maximum absolute atomic E-state index is 10.9. The first kappa shape index (κ1) is 15.7. The predicted molar refractivity (Wildman–Crippen MR) is 88.6 cm³/mol. The van der Waals surface area contributed by atoms with E-state index in [1.807, 2.05) is 31.9 Å². The van der Waals surface area contributed by atoms with E-state index in [9.17, 15) is 4.79 Å². The van der Waals surface area contributed by atoms with Crippen molar-refractivity contribution in [2.24, 2.45) is 7.05 Å². The Morgan fingerprint density at radius 2 is 2.26 bits per heavy atom. The minimum Gasteiger partial charge on any atom is -0.480 e. The Kier molecular flexibility index (Phi) is 4.21. The van der Waals surface area contributed by atoms with Crippen LogP contribution in [0.1, 0.15) is 25.5 Å². The van der Waals surface area contributed by atoms with Crippen LogP contribution in [0.15, 0.2) is 12.3 Å². The molecule has 0 bridgehead atoms. The molecule has 2 N–H and O–H groups in total. The normalized spacial score (nSPS) is 20.7. The van der Waals surface area contributed by atoms with E-state index in [4.69, 9.17) is 5.11 Å². The molecule has 2 aromatic rings. The molecule has 7 nitrogen and oxygen atoms in total. The van der Waals surface area contributed by atoms with E-state index in [-0.39, 0.29) is 6.54 Å². The van der Waals surface area contributed by atoms with Gasteiger partial charge in [-0.25, -0.2) is 4.98 Å². The van der Waals surface area contributed by atoms with Crippen molar-refractivity contribution in [3.8, 4) is 0 Å². The number of nitrogens with one attached hydrogen (secondary N) is 1. The van der Waals surface area contributed by atoms with Crippen molar-refractivity contribution in [1.82, 2.24) is 19.7 Å². The Morgan fingerprint density at radius 3 is 2.91 bits per heavy atom. The van der Waals surface area contributed by atoms with Crippen molar-refractivity contribution in [2.45, 2.75) is 38.8 Å². The fraction of sp³-hybridized carbons (Fsp3) is 0.562. The highest BCUT2D eigenvalue weighted by Crippen LogP contribution is 2.31. The molecule has 2 heterocycles. The van der Waals surface area contributed by atoms with Gasteiger partial charge in [0.25, 0.3) is 0 Å². The predicted octanol–water partition coefficient (Wildman–Crippen LogP) is 1.63. The average molecular weight is 317 g/mol. The fourth-order valence-electron chi connectivity index (χ4n) is 3.39. The van der Waals surface area contributed by atoms with Gasteiger partial charge < -0.3 is 10.4 Å². The number of carboxylic acids is 1. The van der Waals surface area contributed by atoms with Gasteiger partial charge in [-0.05, 0) is 32.4 Å². The van der Waals surface area contributed by atoms with Gasteiger partial charge in [-0.1, -0.05) is 6.92 Å². The van der Waals surface area contributed by atoms with Gasteiger partial charge >= 0.3 is 5.97 Å². The number of carboxylic acid groups (broad SMARTS) is 1. The first-order valence-corrected chi connectivity index (χ1v) is 8.00. The lowest BCUT2D eigenvalue weighted by Crippen LogP contribution is -2.51. The van der Waals surface area contributed by atoms with Crippen molar-refractivity contribution in [1.29, 1.82) is 0 Å². The summed E-state index contributed by atoms with van der Waals surface area (Å²) >= 11 is 0. The number of aliphatic carboxylic acids is 1. The molecular weight excluding hydrogens is 294 g/mol. The highest BCUT2D eigenvalue weighted by atomic mass is 16.4. The van der Waals surface area contributed by atoms with Gasteiger partial charge in [0.1, 0.15) is 0 Å². The molecule has 0 atom stereocenters. The molecule has 23 heavy (non-hydrogen) atoms. The molecule has 1 fully saturated rings. The van der Waals surface area contributed by atoms with E-state index < -0.39 is 5.97 Å². The lowest BCUT2D eigenvalue weighted by atomic mass is 9.85. The summed E-state index contributed by atoms with van der Waals surface area (Å²) in [5.41, 5.74) is 2.91. The van der Waals surface area contributed by atoms with E-state index in [0.717, 1.165) is 41.8 Å². The third kappa shape index (κ3) is 3.01. The molecule has 0 saturated heterocycles. The van der Waals surface area contributed by atoms with Crippen LogP contribution >= 0.6 is 0 Å². The van der Waals surface area contributed by atoms with E-state index in [1.165, 1.54) is 0 Å². The minimum absolute atomic E-state index is 0.120. The van der Waals surface area contributed by atoms with Crippen molar-refractivity contribution in [3.05, 3.63) is 18.0 Å². The molecule has 1 aliphatic rings. The third-order valence-electron chi connectivity index (χ3n) is 4.63. The standard InChI is InChI=1S/C16H23N5O2/c1-4-21(9-14(22)23)12-7-11(8-12)18-13-5-6-17-16-15(13)10(2)19-20(16)3/h5-6,11-12H,4,7-9H2,1-3H3,(H,17,18)(H,22,23). The quantitative estimate of drug-likeness (QED) is 0.842. The van der Waals surface area contributed by atoms with Gasteiger partial charge in [-0.3, -0.25) is 14.4 Å². The molecule has 2 aromatic heterocycles. The second kappa shape index (κ2) is 6.16. The van der Waals surface area contributed by atoms with Gasteiger partial charge in [-0.15, -0.1) is 0 Å². The van der Waals surface area contributed by atoms with Crippen LogP contribution in [0.2, 0.25) is 0 Å². The largest absolute Gasteiger partial charge is 0.480 e. The molecule has 124 valence electrons. The van der Waals surface area contributed by atoms with E-state index in [0.29, 0.717) is 12.1 Å². The molecule has 1 saturated carbocycles. The lowest BCUT2D eigenvalue weighted by molar-refractivity contribution is -0.139. The molecule has 1 aliphatic carbocycles. The zero-order valence-corrected chi connectivity index (χ0v) is 13.8. The number of likely N-dealkylation sites (N-methyl/N-ethyl adjacent to an activating group) is 1. The summed E-state index contributed by atoms with van der Waals surface area (Å²) in [5, 5.41) is 18.0. The topological polar surface area (TPSA) is 83.3 Å². The molecule has 3 rings (SSSR count). The summed E-state index contributed by atoms with van der Waals surface area (Å²) in [5.74, 6) is -0.759. The number of nitrogens with zero attached hydrogens (tertiary/aromatic N) is 4. The lowest BCUT2D eigenvalue weighted by Gasteiger charge is -2.42. The molecule has 7 heteroatoms. The number of hydrogen-bond acceptors (Lipinski definition) is 5. The summed E-state index contributed by atoms with van der Waals surface area (Å²) in [7, 11) is 1.90. The number of aryl methyl sites for hydroxylation is 2. The summed E-state index contributed by atoms with van der Waals surface area (Å²) in [6.07, 6.45) is 3.72. The number of pyridine rings is 1. The second-order valence-corrected chi connectivity index (χ2v) is 6.19. The van der Waals surface area contributed by atoms with Crippen molar-refractivity contribution >= 4 is 22.7 Å². The number of carbonyl (C=O) groups is 1. The van der Waals surface area contributed by atoms with Gasteiger partial charge in [0.05, 0.1) is 17.6 Å². The zero-order chi connectivity index (χ0) is 16.6. The summed E-state index contributed by atoms with van der Waals surface area (Å²) in [6.45, 7) is 4.89. The van der Waals surface area contributed by atoms with Crippen molar-refractivity contribution in [3.63, 3.8) is 0 Å². The first-order valence-electron chi connectivity index (χ1n) is 8.00. The van der Waals surface area contributed by atoms with E-state index in [2.05, 4.69) is 15.4 Å². The smallest absolute Gasteiger partial charge is 0.317 e. The molecule has 0 aromatic carbocycles. The molecule has 0 unspecified atom stereocenters. The molecule has 0 amide bonds. The highest BCUT2D eigenvalue weighted by molar-refractivity contribution is 5.91. The van der Waals surface area contributed by atoms with E-state index >= 15 is 0 Å². The summed E-state index contributed by atoms with van der Waals surface area (Å²) in [4.78, 5) is 17.3. The number of rotatable bonds is 6. The zero-order valence-electron chi connectivity index (χ0n) is 13.8. The van der Waals surface area contributed by atoms with Gasteiger partial charge in [0.15, 0.2) is 5.65 Å². The first-order chi connectivity index (χ1) is 11.0. The van der Waals surface area contributed by atoms with Crippen LogP contribution in [0.3, 0.4) is 0 Å². The number of anilines is 1. The second-order valence-electron chi connectivity index (χ2n) is 6.19. The highest BCUT2D eigenvalue weighted by Gasteiger charge is 2.34. The van der Waals surface area contributed by atoms with E-state index in [1.54, 1.807) is 10.9 Å². The van der Waals surface area contributed by atoms with Crippen LogP contribution in [-0.4, -0.2) is 55.9 Å². The molecular formula is C16H23N5O2. The summed E-state index contributed by atoms with van der Waals surface area (Å²) in [6, 6.07) is 2.70. The maximum atomic E-state index is 10.9. The minimum atomic E-state index is -0.759. The third-order valence-corrected chi connectivity index (χ3v) is 4.63. The Morgan fingerprint density at radius 1 is 1.52 bits per heavy atom. The monoisotopic (exact) mass is 317 g/mol. The maximum Gasteiger partial charge on any atom is 0.317 e. The molecule has 0 aliphatic heterocycles. The van der Waals surface area contributed by atoms with Crippen LogP contribution in [0.5, 0.6) is 0 Å². The summed E-state index contributed by atoms with van der Waals surface area (Å²) < 4.78 is 1.80. The number of hydrogen-bond donors (Lipinski definition) is 2. The number of fused-ring (bicyclic) bond motifs is 1. The fourth-order valence-corrected chi connectivity index (χ4v) is 3.39. The van der Waals surface area contributed by atoms with Gasteiger partial charge in [0.2, 0.25) is 0 Å². The van der Waals surface area contributed by atoms with Crippen molar-refractivity contribution < 1.29 is 9.90 Å². The number of aromatic nitrogens is 3. The van der Waals surface area contributed by atoms with Crippen LogP contribution < -0.4 is 5.32 Å². The van der Waals surface area contributed by atoms with Crippen molar-refractivity contribution in [2.75, 3.05) is 18.4 Å². The van der Waals surface area contributed by atoms with Crippen LogP contribution in [0.25, 0.3) is 11.0 Å². The Bertz CT molecular complexity index is 721. The Hall–Kier alpha value is -2.15. The van der Waals surface area contributed by atoms with Gasteiger partial charge in [0, 0.05) is 31.0 Å². The van der Waals surface area contributed by atoms with Crippen LogP contribution in [-0.2, 0) is 11.8 Å². The Balaban J connectivity index is 1.68. The van der Waals surface area contributed by atoms with Gasteiger partial charge in [-0.2, -0.15) is 5.10 Å². The molecule has 0 radical (unpaired) electrons.